The summed E-state index contributed by atoms with van der Waals surface area (Å²) in [4.78, 5) is 21.3. The first kappa shape index (κ1) is 19.4. The smallest absolute Gasteiger partial charge is 0.357 e. The highest BCUT2D eigenvalue weighted by Gasteiger charge is 2.33. The Balaban J connectivity index is 1.56. The van der Waals surface area contributed by atoms with Gasteiger partial charge in [0.2, 0.25) is 0 Å². The third-order valence-corrected chi connectivity index (χ3v) is 5.35. The zero-order chi connectivity index (χ0) is 20.8. The summed E-state index contributed by atoms with van der Waals surface area (Å²) in [5.41, 5.74) is 1.36. The molecule has 152 valence electrons. The van der Waals surface area contributed by atoms with Gasteiger partial charge in [-0.05, 0) is 55.7 Å². The Morgan fingerprint density at radius 3 is 2.72 bits per heavy atom. The minimum absolute atomic E-state index is 0.0495. The number of likely N-dealkylation sites (tertiary alicyclic amines) is 1. The molecule has 1 atom stereocenters. The highest BCUT2D eigenvalue weighted by atomic mass is 19.4. The molecule has 1 fully saturated rings. The Labute approximate surface area is 164 Å². The van der Waals surface area contributed by atoms with E-state index in [1.807, 2.05) is 0 Å². The van der Waals surface area contributed by atoms with Crippen LogP contribution in [0, 0.1) is 12.7 Å². The van der Waals surface area contributed by atoms with Crippen LogP contribution in [0.2, 0.25) is 0 Å². The number of H-pyrrole nitrogens is 1. The van der Waals surface area contributed by atoms with Gasteiger partial charge in [-0.15, -0.1) is 0 Å². The molecule has 0 spiro atoms. The molecular weight excluding hydrogens is 386 g/mol. The molecule has 0 unspecified atom stereocenters. The molecule has 29 heavy (non-hydrogen) atoms. The second-order valence-corrected chi connectivity index (χ2v) is 7.41. The van der Waals surface area contributed by atoms with E-state index in [4.69, 9.17) is 0 Å². The maximum atomic E-state index is 13.8. The molecule has 2 aromatic heterocycles. The SMILES string of the molecule is Cc1ccc(C(=O)N2CCC[C@@H](c3cc4nc(C(F)(F)F)ccc4[nH]3)C2)cc1F. The molecule has 4 nitrogen and oxygen atoms in total. The normalized spacial score (nSPS) is 17.7. The van der Waals surface area contributed by atoms with Gasteiger partial charge in [-0.2, -0.15) is 13.2 Å². The van der Waals surface area contributed by atoms with Gasteiger partial charge in [0.05, 0.1) is 11.0 Å². The zero-order valence-corrected chi connectivity index (χ0v) is 15.7. The first-order chi connectivity index (χ1) is 13.7. The number of fused-ring (bicyclic) bond motifs is 1. The summed E-state index contributed by atoms with van der Waals surface area (Å²) in [5, 5.41) is 0. The number of pyridine rings is 1. The number of halogens is 4. The number of carbonyl (C=O) groups is 1. The maximum Gasteiger partial charge on any atom is 0.433 e. The lowest BCUT2D eigenvalue weighted by Crippen LogP contribution is -2.39. The number of nitrogens with one attached hydrogen (secondary N) is 1. The molecule has 4 rings (SSSR count). The predicted octanol–water partition coefficient (Wildman–Crippen LogP) is 5.05. The molecule has 3 heterocycles. The average Bonchev–Trinajstić information content (AvgIpc) is 3.12. The van der Waals surface area contributed by atoms with Gasteiger partial charge in [-0.25, -0.2) is 9.37 Å². The van der Waals surface area contributed by atoms with Crippen LogP contribution in [-0.4, -0.2) is 33.9 Å². The Morgan fingerprint density at radius 2 is 2.00 bits per heavy atom. The van der Waals surface area contributed by atoms with E-state index >= 15 is 0 Å². The number of aryl methyl sites for hydroxylation is 1. The van der Waals surface area contributed by atoms with Crippen molar-refractivity contribution in [1.29, 1.82) is 0 Å². The Morgan fingerprint density at radius 1 is 1.21 bits per heavy atom. The Hall–Kier alpha value is -2.90. The molecule has 1 aliphatic rings. The molecule has 3 aromatic rings. The van der Waals surface area contributed by atoms with Gasteiger partial charge in [0.15, 0.2) is 0 Å². The van der Waals surface area contributed by atoms with Crippen LogP contribution in [0.15, 0.2) is 36.4 Å². The number of aromatic nitrogens is 2. The van der Waals surface area contributed by atoms with Crippen LogP contribution < -0.4 is 0 Å². The second-order valence-electron chi connectivity index (χ2n) is 7.41. The summed E-state index contributed by atoms with van der Waals surface area (Å²) >= 11 is 0. The molecule has 0 radical (unpaired) electrons. The van der Waals surface area contributed by atoms with E-state index < -0.39 is 17.7 Å². The molecule has 8 heteroatoms. The standard InChI is InChI=1S/C21H19F4N3O/c1-12-4-5-13(9-15(12)22)20(29)28-8-2-3-14(11-28)17-10-18-16(26-17)6-7-19(27-18)21(23,24)25/h4-7,9-10,14,26H,2-3,8,11H2,1H3/t14-/m1/s1. The lowest BCUT2D eigenvalue weighted by Gasteiger charge is -2.32. The quantitative estimate of drug-likeness (QED) is 0.607. The summed E-state index contributed by atoms with van der Waals surface area (Å²) in [5.74, 6) is -0.722. The number of carbonyl (C=O) groups excluding carboxylic acids is 1. The summed E-state index contributed by atoms with van der Waals surface area (Å²) in [6, 6.07) is 8.36. The van der Waals surface area contributed by atoms with Crippen molar-refractivity contribution in [2.75, 3.05) is 13.1 Å². The summed E-state index contributed by atoms with van der Waals surface area (Å²) in [6.45, 7) is 2.60. The van der Waals surface area contributed by atoms with Crippen LogP contribution in [0.4, 0.5) is 17.6 Å². The summed E-state index contributed by atoms with van der Waals surface area (Å²) < 4.78 is 52.5. The molecule has 0 aliphatic carbocycles. The van der Waals surface area contributed by atoms with Crippen LogP contribution in [0.5, 0.6) is 0 Å². The van der Waals surface area contributed by atoms with E-state index in [0.29, 0.717) is 29.7 Å². The van der Waals surface area contributed by atoms with Crippen LogP contribution in [0.3, 0.4) is 0 Å². The minimum Gasteiger partial charge on any atom is -0.357 e. The van der Waals surface area contributed by atoms with Gasteiger partial charge >= 0.3 is 6.18 Å². The fourth-order valence-corrected chi connectivity index (χ4v) is 3.73. The highest BCUT2D eigenvalue weighted by Crippen LogP contribution is 2.32. The monoisotopic (exact) mass is 405 g/mol. The molecule has 1 amide bonds. The number of hydrogen-bond acceptors (Lipinski definition) is 2. The number of aromatic amines is 1. The molecule has 0 saturated carbocycles. The largest absolute Gasteiger partial charge is 0.433 e. The van der Waals surface area contributed by atoms with Gasteiger partial charge < -0.3 is 9.88 Å². The van der Waals surface area contributed by atoms with Gasteiger partial charge in [0.1, 0.15) is 11.5 Å². The Bertz CT molecular complexity index is 1070. The van der Waals surface area contributed by atoms with Crippen LogP contribution in [0.1, 0.15) is 46.1 Å². The van der Waals surface area contributed by atoms with Gasteiger partial charge in [0.25, 0.3) is 5.91 Å². The van der Waals surface area contributed by atoms with Crippen LogP contribution in [0.25, 0.3) is 11.0 Å². The van der Waals surface area contributed by atoms with E-state index in [1.165, 1.54) is 12.1 Å². The third kappa shape index (κ3) is 3.83. The molecule has 1 aromatic carbocycles. The van der Waals surface area contributed by atoms with Crippen molar-refractivity contribution >= 4 is 16.9 Å². The van der Waals surface area contributed by atoms with Gasteiger partial charge in [-0.1, -0.05) is 6.07 Å². The first-order valence-electron chi connectivity index (χ1n) is 9.34. The van der Waals surface area contributed by atoms with E-state index in [0.717, 1.165) is 24.6 Å². The lowest BCUT2D eigenvalue weighted by molar-refractivity contribution is -0.140. The third-order valence-electron chi connectivity index (χ3n) is 5.35. The fourth-order valence-electron chi connectivity index (χ4n) is 3.73. The first-order valence-corrected chi connectivity index (χ1v) is 9.34. The molecule has 1 saturated heterocycles. The number of hydrogen-bond donors (Lipinski definition) is 1. The van der Waals surface area contributed by atoms with Gasteiger partial charge in [0, 0.05) is 30.3 Å². The van der Waals surface area contributed by atoms with Crippen molar-refractivity contribution in [3.8, 4) is 0 Å². The maximum absolute atomic E-state index is 13.8. The predicted molar refractivity (Wildman–Crippen MR) is 100 cm³/mol. The number of benzene rings is 1. The van der Waals surface area contributed by atoms with Crippen LogP contribution in [-0.2, 0) is 6.18 Å². The van der Waals surface area contributed by atoms with E-state index in [1.54, 1.807) is 30.0 Å². The van der Waals surface area contributed by atoms with Crippen LogP contribution >= 0.6 is 0 Å². The van der Waals surface area contributed by atoms with E-state index in [-0.39, 0.29) is 17.3 Å². The van der Waals surface area contributed by atoms with Crippen molar-refractivity contribution < 1.29 is 22.4 Å². The average molecular weight is 405 g/mol. The molecule has 1 aliphatic heterocycles. The van der Waals surface area contributed by atoms with Crippen molar-refractivity contribution in [2.45, 2.75) is 31.9 Å². The minimum atomic E-state index is -4.50. The van der Waals surface area contributed by atoms with Crippen molar-refractivity contribution in [2.24, 2.45) is 0 Å². The molecule has 0 bridgehead atoms. The fraction of sp³-hybridized carbons (Fsp3) is 0.333. The Kier molecular flexibility index (Phi) is 4.80. The second kappa shape index (κ2) is 7.17. The molecule has 1 N–H and O–H groups in total. The lowest BCUT2D eigenvalue weighted by atomic mass is 9.94. The number of nitrogens with zero attached hydrogens (tertiary/aromatic N) is 2. The van der Waals surface area contributed by atoms with Crippen molar-refractivity contribution in [3.05, 3.63) is 64.7 Å². The van der Waals surface area contributed by atoms with Crippen molar-refractivity contribution in [3.63, 3.8) is 0 Å². The highest BCUT2D eigenvalue weighted by molar-refractivity contribution is 5.94. The summed E-state index contributed by atoms with van der Waals surface area (Å²) in [7, 11) is 0. The number of amides is 1. The number of piperidine rings is 1. The number of rotatable bonds is 2. The topological polar surface area (TPSA) is 49.0 Å². The van der Waals surface area contributed by atoms with E-state index in [9.17, 15) is 22.4 Å². The number of alkyl halides is 3. The van der Waals surface area contributed by atoms with Crippen molar-refractivity contribution in [1.82, 2.24) is 14.9 Å². The van der Waals surface area contributed by atoms with Gasteiger partial charge in [-0.3, -0.25) is 4.79 Å². The summed E-state index contributed by atoms with van der Waals surface area (Å²) in [6.07, 6.45) is -2.95. The zero-order valence-electron chi connectivity index (χ0n) is 15.7. The van der Waals surface area contributed by atoms with E-state index in [2.05, 4.69) is 9.97 Å². The molecular formula is C21H19F4N3O.